The first-order valence-electron chi connectivity index (χ1n) is 16.2. The molecule has 0 aromatic carbocycles. The molecule has 0 aromatic heterocycles. The zero-order valence-electron chi connectivity index (χ0n) is 30.3. The van der Waals surface area contributed by atoms with E-state index < -0.39 is 59.9 Å². The number of nitrogens with one attached hydrogen (secondary N) is 2. The van der Waals surface area contributed by atoms with E-state index in [4.69, 9.17) is 24.7 Å². The molecular formula is C36H53ClN4O9. The van der Waals surface area contributed by atoms with Crippen LogP contribution in [-0.2, 0) is 38.1 Å². The highest BCUT2D eigenvalue weighted by Gasteiger charge is 2.35. The normalized spacial score (nSPS) is 28.2. The van der Waals surface area contributed by atoms with Gasteiger partial charge in [0.2, 0.25) is 11.6 Å². The Balaban J connectivity index is 0.0000125. The number of primary amides is 1. The van der Waals surface area contributed by atoms with Crippen LogP contribution < -0.4 is 16.4 Å². The van der Waals surface area contributed by atoms with Crippen LogP contribution in [-0.4, -0.2) is 100 Å². The minimum atomic E-state index is -1.02. The van der Waals surface area contributed by atoms with Gasteiger partial charge in [0, 0.05) is 50.4 Å². The summed E-state index contributed by atoms with van der Waals surface area (Å²) in [5, 5.41) is 5.57. The van der Waals surface area contributed by atoms with E-state index in [1.807, 2.05) is 38.9 Å². The molecule has 0 spiro atoms. The van der Waals surface area contributed by atoms with Crippen LogP contribution in [0.1, 0.15) is 47.0 Å². The van der Waals surface area contributed by atoms with Gasteiger partial charge in [0.1, 0.15) is 12.2 Å². The molecule has 6 atom stereocenters. The predicted molar refractivity (Wildman–Crippen MR) is 192 cm³/mol. The molecule has 50 heavy (non-hydrogen) atoms. The van der Waals surface area contributed by atoms with Gasteiger partial charge in [-0.25, -0.2) is 4.79 Å². The standard InChI is InChI=1S/C36H52N4O9.ClH/c1-10-15-38-31-25-17-21(2)18-29(47-9)34(48-30(42)14-16-40(6)7)24(5)19-23(4)33(49-36(37)45)28(46-8)13-11-12-22(3)35(44)39-26(32(25)43)20-27(31)41;/h10-13,19-21,24,28-29,33-34,38H,1,14-18H2,2-9H3,(H2,37,45)(H,39,44);1H/b13-11-,22-12+,23-19+;/t21-,24+,28-,29+,33+,34-;/m1./s1. The summed E-state index contributed by atoms with van der Waals surface area (Å²) in [4.78, 5) is 67.1. The van der Waals surface area contributed by atoms with Gasteiger partial charge >= 0.3 is 12.1 Å². The summed E-state index contributed by atoms with van der Waals surface area (Å²) in [5.41, 5.74) is 6.44. The fourth-order valence-corrected chi connectivity index (χ4v) is 5.65. The maximum Gasteiger partial charge on any atom is 0.405 e. The third-order valence-electron chi connectivity index (χ3n) is 8.21. The molecule has 0 aromatic rings. The highest BCUT2D eigenvalue weighted by molar-refractivity contribution is 6.23. The van der Waals surface area contributed by atoms with Gasteiger partial charge in [0.25, 0.3) is 5.91 Å². The van der Waals surface area contributed by atoms with Gasteiger partial charge in [-0.05, 0) is 52.3 Å². The number of amides is 2. The Hall–Kier alpha value is -4.04. The fourth-order valence-electron chi connectivity index (χ4n) is 5.65. The molecule has 14 heteroatoms. The summed E-state index contributed by atoms with van der Waals surface area (Å²) in [6.45, 7) is 11.5. The van der Waals surface area contributed by atoms with Crippen molar-refractivity contribution < 1.29 is 42.9 Å². The van der Waals surface area contributed by atoms with Gasteiger partial charge in [-0.15, -0.1) is 19.0 Å². The van der Waals surface area contributed by atoms with Crippen molar-refractivity contribution in [3.63, 3.8) is 0 Å². The van der Waals surface area contributed by atoms with E-state index in [2.05, 4.69) is 17.2 Å². The average Bonchev–Trinajstić information content (AvgIpc) is 3.03. The van der Waals surface area contributed by atoms with Crippen molar-refractivity contribution in [1.82, 2.24) is 15.5 Å². The van der Waals surface area contributed by atoms with Crippen LogP contribution in [0.15, 0.2) is 71.1 Å². The summed E-state index contributed by atoms with van der Waals surface area (Å²) in [6.07, 6.45) is 5.52. The van der Waals surface area contributed by atoms with Gasteiger partial charge in [-0.1, -0.05) is 44.2 Å². The minimum absolute atomic E-state index is 0. The maximum atomic E-state index is 13.8. The number of ketones is 2. The van der Waals surface area contributed by atoms with Crippen LogP contribution in [0, 0.1) is 11.8 Å². The number of Topliss-reactive ketones (excluding diaryl/α,β-unsaturated/α-hetero) is 1. The number of nitrogens with zero attached hydrogens (tertiary/aromatic N) is 1. The number of carbonyl (C=O) groups excluding carboxylic acids is 5. The Morgan fingerprint density at radius 1 is 1.12 bits per heavy atom. The fraction of sp³-hybridized carbons (Fsp3) is 0.528. The summed E-state index contributed by atoms with van der Waals surface area (Å²) >= 11 is 0. The Labute approximate surface area is 301 Å². The van der Waals surface area contributed by atoms with Crippen LogP contribution in [0.2, 0.25) is 0 Å². The molecule has 0 saturated carbocycles. The zero-order chi connectivity index (χ0) is 36.8. The number of fused-ring (bicyclic) bond motifs is 2. The molecule has 2 aliphatic rings. The molecule has 13 nitrogen and oxygen atoms in total. The zero-order valence-corrected chi connectivity index (χ0v) is 31.1. The summed E-state index contributed by atoms with van der Waals surface area (Å²) in [7, 11) is 6.65. The Morgan fingerprint density at radius 2 is 1.80 bits per heavy atom. The number of hydrogen-bond acceptors (Lipinski definition) is 11. The molecular weight excluding hydrogens is 668 g/mol. The van der Waals surface area contributed by atoms with Crippen molar-refractivity contribution in [2.75, 3.05) is 41.4 Å². The number of ether oxygens (including phenoxy) is 4. The summed E-state index contributed by atoms with van der Waals surface area (Å²) in [6, 6.07) is 0. The molecule has 2 rings (SSSR count). The van der Waals surface area contributed by atoms with Crippen molar-refractivity contribution in [1.29, 1.82) is 0 Å². The Kier molecular flexibility index (Phi) is 18.7. The van der Waals surface area contributed by atoms with Crippen molar-refractivity contribution in [3.05, 3.63) is 71.1 Å². The van der Waals surface area contributed by atoms with Crippen molar-refractivity contribution in [2.24, 2.45) is 17.6 Å². The number of methoxy groups -OCH3 is 2. The molecule has 2 bridgehead atoms. The van der Waals surface area contributed by atoms with Crippen LogP contribution in [0.3, 0.4) is 0 Å². The van der Waals surface area contributed by atoms with Crippen LogP contribution in [0.5, 0.6) is 0 Å². The van der Waals surface area contributed by atoms with E-state index in [1.165, 1.54) is 20.3 Å². The number of esters is 1. The highest BCUT2D eigenvalue weighted by Crippen LogP contribution is 2.30. The molecule has 278 valence electrons. The van der Waals surface area contributed by atoms with Crippen LogP contribution in [0.4, 0.5) is 4.79 Å². The van der Waals surface area contributed by atoms with Crippen LogP contribution >= 0.6 is 12.4 Å². The molecule has 1 heterocycles. The lowest BCUT2D eigenvalue weighted by molar-refractivity contribution is -0.160. The lowest BCUT2D eigenvalue weighted by Crippen LogP contribution is -2.40. The van der Waals surface area contributed by atoms with E-state index in [9.17, 15) is 24.0 Å². The summed E-state index contributed by atoms with van der Waals surface area (Å²) in [5.74, 6) is -2.68. The summed E-state index contributed by atoms with van der Waals surface area (Å²) < 4.78 is 23.1. The predicted octanol–water partition coefficient (Wildman–Crippen LogP) is 3.46. The van der Waals surface area contributed by atoms with Gasteiger partial charge < -0.3 is 40.2 Å². The van der Waals surface area contributed by atoms with Crippen molar-refractivity contribution in [2.45, 2.75) is 71.4 Å². The number of allylic oxidation sites excluding steroid dienone is 4. The highest BCUT2D eigenvalue weighted by atomic mass is 35.5. The number of rotatable bonds is 10. The van der Waals surface area contributed by atoms with Crippen LogP contribution in [0.25, 0.3) is 0 Å². The lowest BCUT2D eigenvalue weighted by atomic mass is 9.85. The van der Waals surface area contributed by atoms with Gasteiger partial charge in [0.15, 0.2) is 6.10 Å². The Morgan fingerprint density at radius 3 is 2.38 bits per heavy atom. The molecule has 4 N–H and O–H groups in total. The number of halogens is 1. The van der Waals surface area contributed by atoms with E-state index in [-0.39, 0.29) is 60.3 Å². The molecule has 0 saturated heterocycles. The largest absolute Gasteiger partial charge is 0.459 e. The second kappa shape index (κ2) is 21.2. The maximum absolute atomic E-state index is 13.8. The molecule has 1 aliphatic heterocycles. The number of carbonyl (C=O) groups is 5. The molecule has 0 radical (unpaired) electrons. The van der Waals surface area contributed by atoms with Gasteiger partial charge in [-0.2, -0.15) is 0 Å². The van der Waals surface area contributed by atoms with E-state index in [0.29, 0.717) is 18.5 Å². The second-order valence-electron chi connectivity index (χ2n) is 12.6. The van der Waals surface area contributed by atoms with E-state index >= 15 is 0 Å². The first-order chi connectivity index (χ1) is 23.1. The monoisotopic (exact) mass is 720 g/mol. The van der Waals surface area contributed by atoms with Crippen molar-refractivity contribution >= 4 is 41.9 Å². The number of hydrogen-bond donors (Lipinski definition) is 3. The second-order valence-corrected chi connectivity index (χ2v) is 12.6. The quantitative estimate of drug-likeness (QED) is 0.171. The third kappa shape index (κ3) is 13.0. The van der Waals surface area contributed by atoms with Crippen molar-refractivity contribution in [3.8, 4) is 0 Å². The lowest BCUT2D eigenvalue weighted by Gasteiger charge is -2.33. The first-order valence-corrected chi connectivity index (χ1v) is 16.2. The topological polar surface area (TPSA) is 176 Å². The van der Waals surface area contributed by atoms with Gasteiger partial charge in [-0.3, -0.25) is 19.2 Å². The average molecular weight is 721 g/mol. The van der Waals surface area contributed by atoms with Gasteiger partial charge in [0.05, 0.1) is 23.9 Å². The minimum Gasteiger partial charge on any atom is -0.459 e. The van der Waals surface area contributed by atoms with E-state index in [1.54, 1.807) is 32.1 Å². The molecule has 0 fully saturated rings. The first kappa shape index (κ1) is 44.0. The smallest absolute Gasteiger partial charge is 0.405 e. The molecule has 1 aliphatic carbocycles. The van der Waals surface area contributed by atoms with E-state index in [0.717, 1.165) is 6.08 Å². The number of nitrogens with two attached hydrogens (primary N) is 1. The third-order valence-corrected chi connectivity index (χ3v) is 8.21. The SMILES string of the molecule is C=CCNC1=C2C[C@@H](C)C[C@H](OC)[C@H](OC(=O)CCN(C)C)[C@@H](C)/C=C(\C)[C@H](OC(N)=O)[C@H](OC)/C=C\C=C(/C)C(=O)NC(=CC1=O)C2=O.Cl. The molecule has 0 unspecified atom stereocenters. The molecule has 2 amide bonds. The Bertz CT molecular complexity index is 1420.